The number of rotatable bonds is 3. The van der Waals surface area contributed by atoms with E-state index >= 15 is 0 Å². The van der Waals surface area contributed by atoms with Gasteiger partial charge in [0.2, 0.25) is 0 Å². The van der Waals surface area contributed by atoms with E-state index in [2.05, 4.69) is 9.97 Å². The second kappa shape index (κ2) is 4.79. The SMILES string of the molecule is COc1ccc(-c2cc(C(=O)O)ncn2)cc1F. The van der Waals surface area contributed by atoms with Crippen molar-refractivity contribution in [3.05, 3.63) is 42.1 Å². The van der Waals surface area contributed by atoms with Crippen LogP contribution in [-0.4, -0.2) is 28.2 Å². The molecule has 0 bridgehead atoms. The average molecular weight is 248 g/mol. The van der Waals surface area contributed by atoms with Gasteiger partial charge in [-0.2, -0.15) is 0 Å². The molecule has 1 aromatic carbocycles. The highest BCUT2D eigenvalue weighted by molar-refractivity contribution is 5.86. The summed E-state index contributed by atoms with van der Waals surface area (Å²) < 4.78 is 18.3. The number of hydrogen-bond donors (Lipinski definition) is 1. The highest BCUT2D eigenvalue weighted by Crippen LogP contribution is 2.24. The summed E-state index contributed by atoms with van der Waals surface area (Å²) in [6, 6.07) is 5.56. The number of nitrogens with zero attached hydrogens (tertiary/aromatic N) is 2. The van der Waals surface area contributed by atoms with E-state index in [1.54, 1.807) is 6.07 Å². The van der Waals surface area contributed by atoms with Gasteiger partial charge in [-0.05, 0) is 24.3 Å². The highest BCUT2D eigenvalue weighted by atomic mass is 19.1. The van der Waals surface area contributed by atoms with Crippen LogP contribution >= 0.6 is 0 Å². The molecule has 1 aromatic heterocycles. The number of aromatic carboxylic acids is 1. The molecular formula is C12H9FN2O3. The molecule has 0 amide bonds. The van der Waals surface area contributed by atoms with Gasteiger partial charge < -0.3 is 9.84 Å². The first kappa shape index (κ1) is 12.0. The first-order chi connectivity index (χ1) is 8.61. The van der Waals surface area contributed by atoms with E-state index in [0.29, 0.717) is 11.3 Å². The summed E-state index contributed by atoms with van der Waals surface area (Å²) in [6.45, 7) is 0. The van der Waals surface area contributed by atoms with Crippen molar-refractivity contribution in [1.82, 2.24) is 9.97 Å². The Morgan fingerprint density at radius 2 is 2.11 bits per heavy atom. The van der Waals surface area contributed by atoms with Crippen molar-refractivity contribution in [3.63, 3.8) is 0 Å². The van der Waals surface area contributed by atoms with Gasteiger partial charge in [-0.25, -0.2) is 19.2 Å². The van der Waals surface area contributed by atoms with Crippen molar-refractivity contribution in [2.75, 3.05) is 7.11 Å². The number of hydrogen-bond acceptors (Lipinski definition) is 4. The Kier molecular flexibility index (Phi) is 3.18. The van der Waals surface area contributed by atoms with Crippen molar-refractivity contribution in [2.45, 2.75) is 0 Å². The third-order valence-corrected chi connectivity index (χ3v) is 2.33. The van der Waals surface area contributed by atoms with Gasteiger partial charge in [-0.15, -0.1) is 0 Å². The van der Waals surface area contributed by atoms with E-state index in [-0.39, 0.29) is 11.4 Å². The number of carbonyl (C=O) groups is 1. The van der Waals surface area contributed by atoms with E-state index in [1.165, 1.54) is 25.3 Å². The number of carboxylic acid groups (broad SMARTS) is 1. The first-order valence-electron chi connectivity index (χ1n) is 5.01. The fourth-order valence-electron chi connectivity index (χ4n) is 1.46. The third-order valence-electron chi connectivity index (χ3n) is 2.33. The minimum absolute atomic E-state index is 0.117. The predicted molar refractivity (Wildman–Crippen MR) is 60.9 cm³/mol. The molecule has 0 aliphatic carbocycles. The quantitative estimate of drug-likeness (QED) is 0.899. The zero-order valence-electron chi connectivity index (χ0n) is 9.42. The summed E-state index contributed by atoms with van der Waals surface area (Å²) in [6.07, 6.45) is 1.13. The maximum atomic E-state index is 13.5. The molecule has 0 unspecified atom stereocenters. The van der Waals surface area contributed by atoms with Crippen molar-refractivity contribution in [1.29, 1.82) is 0 Å². The second-order valence-corrected chi connectivity index (χ2v) is 3.44. The molecule has 0 spiro atoms. The van der Waals surface area contributed by atoms with Crippen LogP contribution in [0.15, 0.2) is 30.6 Å². The highest BCUT2D eigenvalue weighted by Gasteiger charge is 2.10. The Labute approximate surface area is 102 Å². The standard InChI is InChI=1S/C12H9FN2O3/c1-18-11-3-2-7(4-8(11)13)9-5-10(12(16)17)15-6-14-9/h2-6H,1H3,(H,16,17). The number of carboxylic acids is 1. The van der Waals surface area contributed by atoms with Gasteiger partial charge in [0.05, 0.1) is 12.8 Å². The lowest BCUT2D eigenvalue weighted by Crippen LogP contribution is -2.01. The molecule has 0 radical (unpaired) electrons. The third kappa shape index (κ3) is 2.27. The smallest absolute Gasteiger partial charge is 0.354 e. The molecule has 0 saturated carbocycles. The van der Waals surface area contributed by atoms with Gasteiger partial charge in [-0.3, -0.25) is 0 Å². The van der Waals surface area contributed by atoms with Gasteiger partial charge in [0.25, 0.3) is 0 Å². The number of aromatic nitrogens is 2. The van der Waals surface area contributed by atoms with E-state index in [4.69, 9.17) is 9.84 Å². The Morgan fingerprint density at radius 3 is 2.72 bits per heavy atom. The Bertz CT molecular complexity index is 602. The number of halogens is 1. The van der Waals surface area contributed by atoms with Crippen molar-refractivity contribution < 1.29 is 19.0 Å². The summed E-state index contributed by atoms with van der Waals surface area (Å²) in [4.78, 5) is 18.3. The van der Waals surface area contributed by atoms with Gasteiger partial charge in [0, 0.05) is 5.56 Å². The summed E-state index contributed by atoms with van der Waals surface area (Å²) in [5.74, 6) is -1.58. The predicted octanol–water partition coefficient (Wildman–Crippen LogP) is 1.99. The van der Waals surface area contributed by atoms with E-state index in [0.717, 1.165) is 6.33 Å². The number of ether oxygens (including phenoxy) is 1. The normalized spacial score (nSPS) is 10.1. The monoisotopic (exact) mass is 248 g/mol. The van der Waals surface area contributed by atoms with Crippen LogP contribution in [0.25, 0.3) is 11.3 Å². The van der Waals surface area contributed by atoms with Gasteiger partial charge >= 0.3 is 5.97 Å². The molecule has 0 aliphatic heterocycles. The summed E-state index contributed by atoms with van der Waals surface area (Å²) in [7, 11) is 1.37. The van der Waals surface area contributed by atoms with Crippen LogP contribution in [0, 0.1) is 5.82 Å². The fraction of sp³-hybridized carbons (Fsp3) is 0.0833. The van der Waals surface area contributed by atoms with Crippen LogP contribution in [-0.2, 0) is 0 Å². The van der Waals surface area contributed by atoms with E-state index in [1.807, 2.05) is 0 Å². The largest absolute Gasteiger partial charge is 0.494 e. The number of methoxy groups -OCH3 is 1. The summed E-state index contributed by atoms with van der Waals surface area (Å²) in [5, 5.41) is 8.81. The molecule has 0 atom stereocenters. The minimum Gasteiger partial charge on any atom is -0.494 e. The maximum Gasteiger partial charge on any atom is 0.354 e. The molecular weight excluding hydrogens is 239 g/mol. The van der Waals surface area contributed by atoms with Crippen LogP contribution in [0.1, 0.15) is 10.5 Å². The molecule has 1 N–H and O–H groups in total. The van der Waals surface area contributed by atoms with Crippen LogP contribution in [0.2, 0.25) is 0 Å². The topological polar surface area (TPSA) is 72.3 Å². The second-order valence-electron chi connectivity index (χ2n) is 3.44. The van der Waals surface area contributed by atoms with E-state index in [9.17, 15) is 9.18 Å². The summed E-state index contributed by atoms with van der Waals surface area (Å²) in [5.41, 5.74) is 0.651. The van der Waals surface area contributed by atoms with Crippen molar-refractivity contribution in [2.24, 2.45) is 0 Å². The van der Waals surface area contributed by atoms with Gasteiger partial charge in [0.1, 0.15) is 6.33 Å². The zero-order valence-corrected chi connectivity index (χ0v) is 9.42. The average Bonchev–Trinajstić information content (AvgIpc) is 2.38. The van der Waals surface area contributed by atoms with Crippen molar-refractivity contribution >= 4 is 5.97 Å². The van der Waals surface area contributed by atoms with E-state index < -0.39 is 11.8 Å². The van der Waals surface area contributed by atoms with Crippen molar-refractivity contribution in [3.8, 4) is 17.0 Å². The Hall–Kier alpha value is -2.50. The molecule has 0 saturated heterocycles. The summed E-state index contributed by atoms with van der Waals surface area (Å²) >= 11 is 0. The van der Waals surface area contributed by atoms with Gasteiger partial charge in [-0.1, -0.05) is 0 Å². The Morgan fingerprint density at radius 1 is 1.33 bits per heavy atom. The van der Waals surface area contributed by atoms with Crippen LogP contribution in [0.4, 0.5) is 4.39 Å². The molecule has 0 fully saturated rings. The maximum absolute atomic E-state index is 13.5. The molecule has 0 aliphatic rings. The first-order valence-corrected chi connectivity index (χ1v) is 5.01. The molecule has 18 heavy (non-hydrogen) atoms. The fourth-order valence-corrected chi connectivity index (χ4v) is 1.46. The lowest BCUT2D eigenvalue weighted by atomic mass is 10.1. The zero-order chi connectivity index (χ0) is 13.1. The Balaban J connectivity index is 2.45. The lowest BCUT2D eigenvalue weighted by molar-refractivity contribution is 0.0690. The molecule has 6 heteroatoms. The van der Waals surface area contributed by atoms with Gasteiger partial charge in [0.15, 0.2) is 17.3 Å². The van der Waals surface area contributed by atoms with Crippen LogP contribution < -0.4 is 4.74 Å². The van der Waals surface area contributed by atoms with Crippen LogP contribution in [0.5, 0.6) is 5.75 Å². The molecule has 1 heterocycles. The van der Waals surface area contributed by atoms with Crippen LogP contribution in [0.3, 0.4) is 0 Å². The molecule has 2 aromatic rings. The molecule has 92 valence electrons. The minimum atomic E-state index is -1.16. The lowest BCUT2D eigenvalue weighted by Gasteiger charge is -2.05. The molecule has 2 rings (SSSR count). The molecule has 5 nitrogen and oxygen atoms in total. The number of benzene rings is 1.